The van der Waals surface area contributed by atoms with Crippen molar-refractivity contribution in [3.05, 3.63) is 46.4 Å². The van der Waals surface area contributed by atoms with Gasteiger partial charge in [0.1, 0.15) is 22.8 Å². The maximum absolute atomic E-state index is 13.1. The number of halogens is 1. The van der Waals surface area contributed by atoms with Gasteiger partial charge in [-0.3, -0.25) is 4.79 Å². The van der Waals surface area contributed by atoms with E-state index in [1.165, 1.54) is 17.5 Å². The molecule has 0 aromatic heterocycles. The molecule has 0 radical (unpaired) electrons. The molecule has 0 bridgehead atoms. The lowest BCUT2D eigenvalue weighted by Crippen LogP contribution is -2.52. The number of carbonyl (C=O) groups is 1. The summed E-state index contributed by atoms with van der Waals surface area (Å²) in [6.45, 7) is 2.97. The van der Waals surface area contributed by atoms with Crippen LogP contribution in [0.2, 0.25) is 0 Å². The third-order valence-corrected chi connectivity index (χ3v) is 8.28. The van der Waals surface area contributed by atoms with Crippen LogP contribution in [0.4, 0.5) is 0 Å². The van der Waals surface area contributed by atoms with Gasteiger partial charge >= 0.3 is 0 Å². The number of hydrogen-bond acceptors (Lipinski definition) is 6. The van der Waals surface area contributed by atoms with E-state index < -0.39 is 15.6 Å². The Morgan fingerprint density at radius 2 is 1.90 bits per heavy atom. The summed E-state index contributed by atoms with van der Waals surface area (Å²) in [5, 5.41) is 0. The molecule has 0 atom stereocenters. The van der Waals surface area contributed by atoms with Gasteiger partial charge in [0, 0.05) is 32.0 Å². The minimum atomic E-state index is -3.67. The fraction of sp³-hybridized carbons (Fsp3) is 0.409. The van der Waals surface area contributed by atoms with Crippen LogP contribution in [0.15, 0.2) is 45.8 Å². The predicted molar refractivity (Wildman–Crippen MR) is 119 cm³/mol. The molecule has 4 rings (SSSR count). The summed E-state index contributed by atoms with van der Waals surface area (Å²) in [7, 11) is -2.14. The molecule has 0 aliphatic carbocycles. The molecule has 166 valence electrons. The van der Waals surface area contributed by atoms with E-state index in [2.05, 4.69) is 15.9 Å². The first-order valence-electron chi connectivity index (χ1n) is 10.1. The number of benzene rings is 2. The topological polar surface area (TPSA) is 82.1 Å². The summed E-state index contributed by atoms with van der Waals surface area (Å²) in [6.07, 6.45) is 1.12. The van der Waals surface area contributed by atoms with Crippen LogP contribution in [0.1, 0.15) is 36.5 Å². The normalized spacial score (nSPS) is 18.4. The number of hydrogen-bond donors (Lipinski definition) is 0. The van der Waals surface area contributed by atoms with E-state index in [1.54, 1.807) is 30.3 Å². The molecule has 7 nitrogen and oxygen atoms in total. The molecule has 1 spiro atoms. The first-order chi connectivity index (χ1) is 14.8. The van der Waals surface area contributed by atoms with Gasteiger partial charge in [0.05, 0.1) is 35.1 Å². The average Bonchev–Trinajstić information content (AvgIpc) is 2.74. The van der Waals surface area contributed by atoms with Gasteiger partial charge in [-0.1, -0.05) is 0 Å². The molecule has 9 heteroatoms. The van der Waals surface area contributed by atoms with E-state index in [4.69, 9.17) is 14.2 Å². The Morgan fingerprint density at radius 3 is 2.55 bits per heavy atom. The highest BCUT2D eigenvalue weighted by Crippen LogP contribution is 2.41. The zero-order valence-corrected chi connectivity index (χ0v) is 19.8. The van der Waals surface area contributed by atoms with Gasteiger partial charge in [-0.05, 0) is 53.2 Å². The Labute approximate surface area is 190 Å². The smallest absolute Gasteiger partial charge is 0.243 e. The van der Waals surface area contributed by atoms with Gasteiger partial charge in [-0.15, -0.1) is 0 Å². The summed E-state index contributed by atoms with van der Waals surface area (Å²) in [5.41, 5.74) is -0.145. The highest BCUT2D eigenvalue weighted by molar-refractivity contribution is 9.10. The Bertz CT molecular complexity index is 1110. The number of piperidine rings is 1. The zero-order valence-electron chi connectivity index (χ0n) is 17.4. The second kappa shape index (κ2) is 8.44. The van der Waals surface area contributed by atoms with Crippen LogP contribution in [-0.2, 0) is 10.0 Å². The van der Waals surface area contributed by atoms with Crippen LogP contribution in [-0.4, -0.2) is 50.9 Å². The molecule has 0 saturated carbocycles. The number of methoxy groups -OCH3 is 1. The lowest BCUT2D eigenvalue weighted by atomic mass is 9.83. The summed E-state index contributed by atoms with van der Waals surface area (Å²) in [4.78, 5) is 13.0. The van der Waals surface area contributed by atoms with Crippen LogP contribution in [0.3, 0.4) is 0 Å². The Kier molecular flexibility index (Phi) is 6.02. The molecule has 2 heterocycles. The number of sulfonamides is 1. The molecule has 1 saturated heterocycles. The monoisotopic (exact) mass is 509 g/mol. The van der Waals surface area contributed by atoms with Crippen LogP contribution in [0.5, 0.6) is 17.2 Å². The van der Waals surface area contributed by atoms with Gasteiger partial charge in [0.15, 0.2) is 5.78 Å². The lowest BCUT2D eigenvalue weighted by molar-refractivity contribution is 0.00575. The maximum atomic E-state index is 13.1. The number of Topliss-reactive ketones (excluding diaryl/α,β-unsaturated/α-hetero) is 1. The Balaban J connectivity index is 1.52. The summed E-state index contributed by atoms with van der Waals surface area (Å²) in [5.74, 6) is 1.74. The number of rotatable bonds is 5. The van der Waals surface area contributed by atoms with Crippen molar-refractivity contribution in [1.29, 1.82) is 0 Å². The van der Waals surface area contributed by atoms with E-state index in [9.17, 15) is 13.2 Å². The van der Waals surface area contributed by atoms with Crippen LogP contribution < -0.4 is 14.2 Å². The van der Waals surface area contributed by atoms with Crippen molar-refractivity contribution < 1.29 is 27.4 Å². The van der Waals surface area contributed by atoms with Crippen LogP contribution in [0, 0.1) is 0 Å². The van der Waals surface area contributed by atoms with Crippen LogP contribution in [0.25, 0.3) is 0 Å². The van der Waals surface area contributed by atoms with Crippen molar-refractivity contribution in [1.82, 2.24) is 4.31 Å². The second-order valence-corrected chi connectivity index (χ2v) is 10.5. The van der Waals surface area contributed by atoms with Gasteiger partial charge in [0.25, 0.3) is 0 Å². The quantitative estimate of drug-likeness (QED) is 0.604. The van der Waals surface area contributed by atoms with Gasteiger partial charge in [0.2, 0.25) is 10.0 Å². The van der Waals surface area contributed by atoms with Crippen molar-refractivity contribution in [2.24, 2.45) is 0 Å². The molecule has 0 unspecified atom stereocenters. The number of carbonyl (C=O) groups excluding carboxylic acids is 1. The van der Waals surface area contributed by atoms with E-state index in [0.717, 1.165) is 0 Å². The molecule has 31 heavy (non-hydrogen) atoms. The Morgan fingerprint density at radius 1 is 1.16 bits per heavy atom. The highest BCUT2D eigenvalue weighted by Gasteiger charge is 2.45. The number of nitrogens with zero attached hydrogens (tertiary/aromatic N) is 1. The van der Waals surface area contributed by atoms with Crippen molar-refractivity contribution in [3.63, 3.8) is 0 Å². The molecule has 2 aromatic rings. The minimum absolute atomic E-state index is 0.0136. The van der Waals surface area contributed by atoms with Crippen molar-refractivity contribution in [2.45, 2.75) is 36.7 Å². The maximum Gasteiger partial charge on any atom is 0.243 e. The van der Waals surface area contributed by atoms with Crippen molar-refractivity contribution >= 4 is 31.7 Å². The van der Waals surface area contributed by atoms with E-state index in [0.29, 0.717) is 46.7 Å². The SMILES string of the molecule is CCOc1ccc2c(c1)OC1(CCN(S(=O)(=O)c3ccc(OC)c(Br)c3)CC1)CC2=O. The van der Waals surface area contributed by atoms with Crippen molar-refractivity contribution in [2.75, 3.05) is 26.8 Å². The molecule has 2 aliphatic heterocycles. The third kappa shape index (κ3) is 4.18. The van der Waals surface area contributed by atoms with Gasteiger partial charge in [-0.2, -0.15) is 4.31 Å². The molecule has 2 aliphatic rings. The first-order valence-corrected chi connectivity index (χ1v) is 12.3. The largest absolute Gasteiger partial charge is 0.496 e. The second-order valence-electron chi connectivity index (χ2n) is 7.68. The summed E-state index contributed by atoms with van der Waals surface area (Å²) < 4.78 is 45.3. The molecule has 2 aromatic carbocycles. The number of ketones is 1. The molecular formula is C22H24BrNO6S. The van der Waals surface area contributed by atoms with Crippen LogP contribution >= 0.6 is 15.9 Å². The van der Waals surface area contributed by atoms with E-state index in [1.807, 2.05) is 6.92 Å². The third-order valence-electron chi connectivity index (χ3n) is 5.77. The fourth-order valence-corrected chi connectivity index (χ4v) is 6.26. The summed E-state index contributed by atoms with van der Waals surface area (Å²) >= 11 is 3.34. The Hall–Kier alpha value is -2.10. The highest BCUT2D eigenvalue weighted by atomic mass is 79.9. The van der Waals surface area contributed by atoms with E-state index >= 15 is 0 Å². The predicted octanol–water partition coefficient (Wildman–Crippen LogP) is 4.05. The zero-order chi connectivity index (χ0) is 22.2. The fourth-order valence-electron chi connectivity index (χ4n) is 4.10. The molecule has 1 fully saturated rings. The van der Waals surface area contributed by atoms with E-state index in [-0.39, 0.29) is 30.2 Å². The summed E-state index contributed by atoms with van der Waals surface area (Å²) in [6, 6.07) is 9.95. The molecular weight excluding hydrogens is 486 g/mol. The average molecular weight is 510 g/mol. The van der Waals surface area contributed by atoms with Gasteiger partial charge in [-0.25, -0.2) is 8.42 Å². The van der Waals surface area contributed by atoms with Gasteiger partial charge < -0.3 is 14.2 Å². The van der Waals surface area contributed by atoms with Crippen molar-refractivity contribution in [3.8, 4) is 17.2 Å². The number of ether oxygens (including phenoxy) is 3. The molecule has 0 amide bonds. The molecule has 0 N–H and O–H groups in total. The minimum Gasteiger partial charge on any atom is -0.496 e. The lowest BCUT2D eigenvalue weighted by Gasteiger charge is -2.43. The number of fused-ring (bicyclic) bond motifs is 1. The first kappa shape index (κ1) is 22.1. The standard InChI is InChI=1S/C22H24BrNO6S/c1-3-29-15-4-6-17-19(25)14-22(30-21(17)12-15)8-10-24(11-9-22)31(26,27)16-5-7-20(28-2)18(23)13-16/h4-7,12-13H,3,8-11,14H2,1-2H3.